The van der Waals surface area contributed by atoms with Gasteiger partial charge < -0.3 is 5.32 Å². The Morgan fingerprint density at radius 3 is 2.75 bits per heavy atom. The molecule has 0 saturated carbocycles. The number of aromatic nitrogens is 2. The highest BCUT2D eigenvalue weighted by Crippen LogP contribution is 2.21. The van der Waals surface area contributed by atoms with Crippen LogP contribution in [0.5, 0.6) is 0 Å². The summed E-state index contributed by atoms with van der Waals surface area (Å²) in [6.07, 6.45) is 1.05. The molecule has 0 fully saturated rings. The predicted molar refractivity (Wildman–Crippen MR) is 68.5 cm³/mol. The van der Waals surface area contributed by atoms with Crippen molar-refractivity contribution in [2.75, 3.05) is 5.32 Å². The molecule has 0 radical (unpaired) electrons. The van der Waals surface area contributed by atoms with Crippen LogP contribution >= 0.6 is 11.5 Å². The van der Waals surface area contributed by atoms with Crippen LogP contribution in [0, 0.1) is 13.8 Å². The van der Waals surface area contributed by atoms with E-state index in [1.807, 2.05) is 6.92 Å². The summed E-state index contributed by atoms with van der Waals surface area (Å²) in [6.45, 7) is 6.20. The van der Waals surface area contributed by atoms with E-state index in [0.717, 1.165) is 23.1 Å². The molecule has 2 aromatic rings. The van der Waals surface area contributed by atoms with Crippen molar-refractivity contribution in [1.82, 2.24) is 9.36 Å². The molecule has 0 atom stereocenters. The Bertz CT molecular complexity index is 491. The summed E-state index contributed by atoms with van der Waals surface area (Å²) in [6, 6.07) is 6.38. The Balaban J connectivity index is 2.21. The lowest BCUT2D eigenvalue weighted by Crippen LogP contribution is -1.93. The summed E-state index contributed by atoms with van der Waals surface area (Å²) >= 11 is 1.39. The zero-order valence-corrected chi connectivity index (χ0v) is 10.6. The second-order valence-corrected chi connectivity index (χ2v) is 4.52. The molecule has 0 bridgehead atoms. The van der Waals surface area contributed by atoms with Gasteiger partial charge in [0.05, 0.1) is 0 Å². The fourth-order valence-electron chi connectivity index (χ4n) is 1.60. The first-order valence-corrected chi connectivity index (χ1v) is 6.13. The van der Waals surface area contributed by atoms with Crippen LogP contribution in [-0.2, 0) is 6.42 Å². The minimum Gasteiger partial charge on any atom is -0.330 e. The average Bonchev–Trinajstić information content (AvgIpc) is 2.67. The van der Waals surface area contributed by atoms with Crippen molar-refractivity contribution in [2.24, 2.45) is 0 Å². The van der Waals surface area contributed by atoms with Crippen molar-refractivity contribution in [3.8, 4) is 0 Å². The molecule has 0 aliphatic rings. The molecular formula is C12H15N3S. The number of aryl methyl sites for hydroxylation is 3. The van der Waals surface area contributed by atoms with E-state index in [1.54, 1.807) is 0 Å². The highest BCUT2D eigenvalue weighted by Gasteiger charge is 2.02. The summed E-state index contributed by atoms with van der Waals surface area (Å²) in [4.78, 5) is 4.28. The molecule has 0 unspecified atom stereocenters. The lowest BCUT2D eigenvalue weighted by atomic mass is 10.1. The monoisotopic (exact) mass is 233 g/mol. The van der Waals surface area contributed by atoms with Gasteiger partial charge in [-0.3, -0.25) is 0 Å². The Hall–Kier alpha value is -1.42. The second-order valence-electron chi connectivity index (χ2n) is 3.77. The van der Waals surface area contributed by atoms with Gasteiger partial charge in [0.2, 0.25) is 5.13 Å². The van der Waals surface area contributed by atoms with Gasteiger partial charge in [-0.2, -0.15) is 4.37 Å². The van der Waals surface area contributed by atoms with Gasteiger partial charge in [0.15, 0.2) is 0 Å². The van der Waals surface area contributed by atoms with Crippen LogP contribution in [-0.4, -0.2) is 9.36 Å². The zero-order chi connectivity index (χ0) is 11.5. The number of anilines is 2. The summed E-state index contributed by atoms with van der Waals surface area (Å²) < 4.78 is 4.14. The van der Waals surface area contributed by atoms with Crippen LogP contribution in [0.15, 0.2) is 18.2 Å². The SMILES string of the molecule is CCc1cc(Nc2nc(C)ns2)ccc1C. The largest absolute Gasteiger partial charge is 0.330 e. The molecule has 0 saturated heterocycles. The zero-order valence-electron chi connectivity index (χ0n) is 9.74. The quantitative estimate of drug-likeness (QED) is 0.882. The van der Waals surface area contributed by atoms with Gasteiger partial charge >= 0.3 is 0 Å². The van der Waals surface area contributed by atoms with Crippen LogP contribution in [0.4, 0.5) is 10.8 Å². The number of rotatable bonds is 3. The van der Waals surface area contributed by atoms with Gasteiger partial charge in [0.25, 0.3) is 0 Å². The highest BCUT2D eigenvalue weighted by molar-refractivity contribution is 7.09. The van der Waals surface area contributed by atoms with Gasteiger partial charge in [-0.25, -0.2) is 4.98 Å². The molecule has 0 aliphatic heterocycles. The lowest BCUT2D eigenvalue weighted by Gasteiger charge is -2.07. The normalized spacial score (nSPS) is 10.4. The van der Waals surface area contributed by atoms with E-state index in [2.05, 4.69) is 46.7 Å². The van der Waals surface area contributed by atoms with E-state index < -0.39 is 0 Å². The average molecular weight is 233 g/mol. The third kappa shape index (κ3) is 2.39. The molecule has 3 nitrogen and oxygen atoms in total. The molecule has 1 aromatic heterocycles. The van der Waals surface area contributed by atoms with Gasteiger partial charge in [0, 0.05) is 17.2 Å². The van der Waals surface area contributed by atoms with Gasteiger partial charge in [-0.05, 0) is 43.5 Å². The maximum atomic E-state index is 4.28. The van der Waals surface area contributed by atoms with Crippen molar-refractivity contribution >= 4 is 22.4 Å². The molecule has 1 N–H and O–H groups in total. The Morgan fingerprint density at radius 1 is 1.31 bits per heavy atom. The van der Waals surface area contributed by atoms with Crippen molar-refractivity contribution in [2.45, 2.75) is 27.2 Å². The van der Waals surface area contributed by atoms with Crippen LogP contribution in [0.25, 0.3) is 0 Å². The first-order valence-electron chi connectivity index (χ1n) is 5.36. The number of hydrogen-bond acceptors (Lipinski definition) is 4. The third-order valence-electron chi connectivity index (χ3n) is 2.51. The van der Waals surface area contributed by atoms with E-state index in [1.165, 1.54) is 22.7 Å². The smallest absolute Gasteiger partial charge is 0.207 e. The van der Waals surface area contributed by atoms with Gasteiger partial charge in [-0.1, -0.05) is 13.0 Å². The van der Waals surface area contributed by atoms with E-state index in [9.17, 15) is 0 Å². The number of nitrogens with zero attached hydrogens (tertiary/aromatic N) is 2. The standard InChI is InChI=1S/C12H15N3S/c1-4-10-7-11(6-5-8(10)2)14-12-13-9(3)15-16-12/h5-7H,4H2,1-3H3,(H,13,14,15). The predicted octanol–water partition coefficient (Wildman–Crippen LogP) is 3.46. The van der Waals surface area contributed by atoms with Crippen molar-refractivity contribution < 1.29 is 0 Å². The highest BCUT2D eigenvalue weighted by atomic mass is 32.1. The maximum absolute atomic E-state index is 4.28. The van der Waals surface area contributed by atoms with Crippen LogP contribution in [0.3, 0.4) is 0 Å². The minimum absolute atomic E-state index is 0.815. The summed E-state index contributed by atoms with van der Waals surface area (Å²) in [5.41, 5.74) is 3.78. The maximum Gasteiger partial charge on any atom is 0.207 e. The van der Waals surface area contributed by atoms with Crippen LogP contribution < -0.4 is 5.32 Å². The van der Waals surface area contributed by atoms with Gasteiger partial charge in [-0.15, -0.1) is 0 Å². The summed E-state index contributed by atoms with van der Waals surface area (Å²) in [5, 5.41) is 4.12. The van der Waals surface area contributed by atoms with E-state index in [-0.39, 0.29) is 0 Å². The number of hydrogen-bond donors (Lipinski definition) is 1. The van der Waals surface area contributed by atoms with Crippen LogP contribution in [0.2, 0.25) is 0 Å². The first-order chi connectivity index (χ1) is 7.69. The van der Waals surface area contributed by atoms with Gasteiger partial charge in [0.1, 0.15) is 5.82 Å². The fourth-order valence-corrected chi connectivity index (χ4v) is 2.20. The Kier molecular flexibility index (Phi) is 3.19. The molecule has 4 heteroatoms. The molecule has 84 valence electrons. The summed E-state index contributed by atoms with van der Waals surface area (Å²) in [5.74, 6) is 0.815. The van der Waals surface area contributed by atoms with E-state index >= 15 is 0 Å². The van der Waals surface area contributed by atoms with E-state index in [0.29, 0.717) is 0 Å². The number of benzene rings is 1. The van der Waals surface area contributed by atoms with E-state index in [4.69, 9.17) is 0 Å². The van der Waals surface area contributed by atoms with Crippen LogP contribution in [0.1, 0.15) is 23.9 Å². The molecule has 1 aromatic carbocycles. The molecule has 0 aliphatic carbocycles. The Labute approximate surface area is 99.7 Å². The third-order valence-corrected chi connectivity index (χ3v) is 3.23. The molecule has 1 heterocycles. The first kappa shape index (κ1) is 11.1. The molecule has 16 heavy (non-hydrogen) atoms. The molecule has 2 rings (SSSR count). The number of nitrogens with one attached hydrogen (secondary N) is 1. The fraction of sp³-hybridized carbons (Fsp3) is 0.333. The molecule has 0 amide bonds. The minimum atomic E-state index is 0.815. The van der Waals surface area contributed by atoms with Crippen molar-refractivity contribution in [3.05, 3.63) is 35.2 Å². The topological polar surface area (TPSA) is 37.8 Å². The molecule has 0 spiro atoms. The lowest BCUT2D eigenvalue weighted by molar-refractivity contribution is 1.11. The summed E-state index contributed by atoms with van der Waals surface area (Å²) in [7, 11) is 0. The molecular weight excluding hydrogens is 218 g/mol. The second kappa shape index (κ2) is 4.61. The Morgan fingerprint density at radius 2 is 2.12 bits per heavy atom. The van der Waals surface area contributed by atoms with Crippen molar-refractivity contribution in [3.63, 3.8) is 0 Å². The van der Waals surface area contributed by atoms with Crippen molar-refractivity contribution in [1.29, 1.82) is 0 Å².